The van der Waals surface area contributed by atoms with Gasteiger partial charge in [-0.25, -0.2) is 4.68 Å². The zero-order valence-corrected chi connectivity index (χ0v) is 14.6. The first-order valence-electron chi connectivity index (χ1n) is 8.75. The molecule has 0 N–H and O–H groups in total. The topological polar surface area (TPSA) is 78.9 Å². The maximum atomic E-state index is 5.58. The van der Waals surface area contributed by atoms with Gasteiger partial charge in [0, 0.05) is 36.5 Å². The second-order valence-corrected chi connectivity index (χ2v) is 7.46. The molecule has 25 heavy (non-hydrogen) atoms. The first-order chi connectivity index (χ1) is 12.4. The number of nitrogens with zero attached hydrogens (tertiary/aromatic N) is 5. The Kier molecular flexibility index (Phi) is 3.86. The zero-order valence-electron chi connectivity index (χ0n) is 13.8. The van der Waals surface area contributed by atoms with E-state index in [0.717, 1.165) is 62.5 Å². The van der Waals surface area contributed by atoms with Crippen LogP contribution in [0.3, 0.4) is 0 Å². The molecule has 1 saturated heterocycles. The molecule has 1 fully saturated rings. The Labute approximate surface area is 149 Å². The van der Waals surface area contributed by atoms with E-state index < -0.39 is 0 Å². The first-order valence-corrected chi connectivity index (χ1v) is 9.69. The highest BCUT2D eigenvalue weighted by molar-refractivity contribution is 7.08. The first kappa shape index (κ1) is 15.2. The minimum Gasteiger partial charge on any atom is -0.381 e. The van der Waals surface area contributed by atoms with Gasteiger partial charge in [-0.1, -0.05) is 10.4 Å². The van der Waals surface area contributed by atoms with Crippen molar-refractivity contribution in [3.05, 3.63) is 34.1 Å². The maximum Gasteiger partial charge on any atom is 0.230 e. The summed E-state index contributed by atoms with van der Waals surface area (Å²) in [6.07, 6.45) is 4.77. The molecule has 8 heteroatoms. The Morgan fingerprint density at radius 1 is 1.20 bits per heavy atom. The Balaban J connectivity index is 1.39. The molecule has 1 atom stereocenters. The molecule has 130 valence electrons. The van der Waals surface area contributed by atoms with Gasteiger partial charge in [-0.05, 0) is 37.1 Å². The van der Waals surface area contributed by atoms with E-state index in [-0.39, 0.29) is 5.92 Å². The van der Waals surface area contributed by atoms with Gasteiger partial charge in [0.25, 0.3) is 0 Å². The van der Waals surface area contributed by atoms with E-state index in [9.17, 15) is 0 Å². The van der Waals surface area contributed by atoms with Gasteiger partial charge in [0.05, 0.1) is 17.4 Å². The van der Waals surface area contributed by atoms with Crippen LogP contribution in [-0.4, -0.2) is 38.3 Å². The SMILES string of the molecule is c1cc(-c2noc(C3CCc4nnn(C5CCOCC5)c4C3)n2)cs1. The molecule has 3 aromatic rings. The average Bonchev–Trinajstić information content (AvgIpc) is 3.40. The summed E-state index contributed by atoms with van der Waals surface area (Å²) in [5.41, 5.74) is 3.38. The lowest BCUT2D eigenvalue weighted by Crippen LogP contribution is -2.24. The van der Waals surface area contributed by atoms with Gasteiger partial charge in [-0.15, -0.1) is 5.10 Å². The van der Waals surface area contributed by atoms with Gasteiger partial charge in [0.2, 0.25) is 11.7 Å². The quantitative estimate of drug-likeness (QED) is 0.717. The molecule has 0 amide bonds. The third kappa shape index (κ3) is 2.79. The van der Waals surface area contributed by atoms with E-state index in [1.165, 1.54) is 5.69 Å². The van der Waals surface area contributed by atoms with E-state index in [4.69, 9.17) is 9.26 Å². The number of aryl methyl sites for hydroxylation is 1. The van der Waals surface area contributed by atoms with Crippen molar-refractivity contribution in [3.8, 4) is 11.4 Å². The number of hydrogen-bond acceptors (Lipinski definition) is 7. The Bertz CT molecular complexity index is 850. The normalized spacial score (nSPS) is 21.4. The third-order valence-corrected chi connectivity index (χ3v) is 5.83. The number of aromatic nitrogens is 5. The van der Waals surface area contributed by atoms with Gasteiger partial charge in [-0.2, -0.15) is 16.3 Å². The largest absolute Gasteiger partial charge is 0.381 e. The molecule has 3 aromatic heterocycles. The maximum absolute atomic E-state index is 5.58. The number of fused-ring (bicyclic) bond motifs is 1. The average molecular weight is 357 g/mol. The summed E-state index contributed by atoms with van der Waals surface area (Å²) < 4.78 is 13.2. The van der Waals surface area contributed by atoms with Crippen molar-refractivity contribution in [3.63, 3.8) is 0 Å². The molecule has 1 unspecified atom stereocenters. The van der Waals surface area contributed by atoms with Crippen molar-refractivity contribution in [1.29, 1.82) is 0 Å². The van der Waals surface area contributed by atoms with Crippen molar-refractivity contribution in [2.24, 2.45) is 0 Å². The van der Waals surface area contributed by atoms with Crippen LogP contribution >= 0.6 is 11.3 Å². The summed E-state index contributed by atoms with van der Waals surface area (Å²) in [4.78, 5) is 4.63. The van der Waals surface area contributed by atoms with Crippen molar-refractivity contribution in [2.45, 2.75) is 44.1 Å². The summed E-state index contributed by atoms with van der Waals surface area (Å²) in [5, 5.41) is 17.1. The fourth-order valence-electron chi connectivity index (χ4n) is 3.74. The summed E-state index contributed by atoms with van der Waals surface area (Å²) in [6, 6.07) is 2.41. The van der Waals surface area contributed by atoms with Crippen LogP contribution in [0.4, 0.5) is 0 Å². The van der Waals surface area contributed by atoms with Crippen LogP contribution in [0.15, 0.2) is 21.3 Å². The van der Waals surface area contributed by atoms with Gasteiger partial charge in [0.1, 0.15) is 0 Å². The molecule has 1 aliphatic heterocycles. The molecule has 4 heterocycles. The predicted octanol–water partition coefficient (Wildman–Crippen LogP) is 3.01. The molecule has 0 saturated carbocycles. The molecule has 5 rings (SSSR count). The minimum absolute atomic E-state index is 0.240. The molecule has 0 radical (unpaired) electrons. The van der Waals surface area contributed by atoms with Crippen LogP contribution in [0, 0.1) is 0 Å². The number of hydrogen-bond donors (Lipinski definition) is 0. The van der Waals surface area contributed by atoms with Crippen LogP contribution in [0.25, 0.3) is 11.4 Å². The molecule has 0 bridgehead atoms. The Hall–Kier alpha value is -2.06. The fourth-order valence-corrected chi connectivity index (χ4v) is 4.38. The lowest BCUT2D eigenvalue weighted by atomic mass is 9.89. The van der Waals surface area contributed by atoms with Gasteiger partial charge < -0.3 is 9.26 Å². The Morgan fingerprint density at radius 2 is 2.12 bits per heavy atom. The molecular weight excluding hydrogens is 338 g/mol. The van der Waals surface area contributed by atoms with E-state index in [1.807, 2.05) is 16.8 Å². The Morgan fingerprint density at radius 3 is 2.96 bits per heavy atom. The van der Waals surface area contributed by atoms with Crippen LogP contribution < -0.4 is 0 Å². The third-order valence-electron chi connectivity index (χ3n) is 5.15. The van der Waals surface area contributed by atoms with Gasteiger partial charge in [0.15, 0.2) is 0 Å². The van der Waals surface area contributed by atoms with E-state index in [2.05, 4.69) is 25.1 Å². The second-order valence-electron chi connectivity index (χ2n) is 6.68. The second kappa shape index (κ2) is 6.34. The van der Waals surface area contributed by atoms with Gasteiger partial charge in [-0.3, -0.25) is 0 Å². The van der Waals surface area contributed by atoms with Crippen LogP contribution in [0.2, 0.25) is 0 Å². The molecule has 7 nitrogen and oxygen atoms in total. The van der Waals surface area contributed by atoms with Crippen molar-refractivity contribution in [1.82, 2.24) is 25.1 Å². The number of thiophene rings is 1. The predicted molar refractivity (Wildman–Crippen MR) is 91.5 cm³/mol. The van der Waals surface area contributed by atoms with Crippen molar-refractivity contribution < 1.29 is 9.26 Å². The van der Waals surface area contributed by atoms with Crippen molar-refractivity contribution >= 4 is 11.3 Å². The highest BCUT2D eigenvalue weighted by Crippen LogP contribution is 2.34. The fraction of sp³-hybridized carbons (Fsp3) is 0.529. The van der Waals surface area contributed by atoms with Crippen LogP contribution in [0.5, 0.6) is 0 Å². The van der Waals surface area contributed by atoms with Gasteiger partial charge >= 0.3 is 0 Å². The van der Waals surface area contributed by atoms with E-state index in [1.54, 1.807) is 11.3 Å². The standard InChI is InChI=1S/C17H19N5O2S/c1-2-14-15(22(21-19-14)13-3-6-23-7-4-13)9-11(1)17-18-16(20-24-17)12-5-8-25-10-12/h5,8,10-11,13H,1-4,6-7,9H2. The van der Waals surface area contributed by atoms with Crippen LogP contribution in [0.1, 0.15) is 48.5 Å². The number of ether oxygens (including phenoxy) is 1. The van der Waals surface area contributed by atoms with Crippen molar-refractivity contribution in [2.75, 3.05) is 13.2 Å². The van der Waals surface area contributed by atoms with E-state index in [0.29, 0.717) is 11.9 Å². The summed E-state index contributed by atoms with van der Waals surface area (Å²) in [5.74, 6) is 1.65. The molecule has 2 aliphatic rings. The molecule has 0 spiro atoms. The minimum atomic E-state index is 0.240. The smallest absolute Gasteiger partial charge is 0.230 e. The summed E-state index contributed by atoms with van der Waals surface area (Å²) in [7, 11) is 0. The number of rotatable bonds is 3. The summed E-state index contributed by atoms with van der Waals surface area (Å²) in [6.45, 7) is 1.60. The molecular formula is C17H19N5O2S. The highest BCUT2D eigenvalue weighted by atomic mass is 32.1. The van der Waals surface area contributed by atoms with Crippen LogP contribution in [-0.2, 0) is 17.6 Å². The monoisotopic (exact) mass is 357 g/mol. The summed E-state index contributed by atoms with van der Waals surface area (Å²) >= 11 is 1.64. The molecule has 1 aliphatic carbocycles. The zero-order chi connectivity index (χ0) is 16.6. The van der Waals surface area contributed by atoms with E-state index >= 15 is 0 Å². The lowest BCUT2D eigenvalue weighted by Gasteiger charge is -2.26. The highest BCUT2D eigenvalue weighted by Gasteiger charge is 2.31. The lowest BCUT2D eigenvalue weighted by molar-refractivity contribution is 0.0647. The molecule has 0 aromatic carbocycles.